The number of rotatable bonds is 24. The topological polar surface area (TPSA) is 727 Å². The molecule has 100 heavy (non-hydrogen) atoms. The fourth-order valence-corrected chi connectivity index (χ4v) is 14.1. The molecule has 0 radical (unpaired) electrons. The molecule has 36 N–H and O–H groups in total. The van der Waals surface area contributed by atoms with Crippen LogP contribution in [0.4, 0.5) is 0 Å². The van der Waals surface area contributed by atoms with Gasteiger partial charge in [0.1, 0.15) is 134 Å². The molecule has 6 aliphatic heterocycles. The lowest BCUT2D eigenvalue weighted by atomic mass is 9.84. The Kier molecular flexibility index (Phi) is 25.3. The second-order valence-corrected chi connectivity index (χ2v) is 27.2. The first-order valence-electron chi connectivity index (χ1n) is 33.3. The number of aliphatic hydroxyl groups excluding tert-OH is 12. The molecule has 11 rings (SSSR count). The minimum atomic E-state index is -1.72. The Morgan fingerprint density at radius 3 is 0.950 bits per heavy atom. The lowest BCUT2D eigenvalue weighted by Crippen LogP contribution is -2.68. The van der Waals surface area contributed by atoms with E-state index in [1.54, 1.807) is 12.4 Å². The second-order valence-electron chi connectivity index (χ2n) is 27.2. The van der Waals surface area contributed by atoms with Crippen LogP contribution in [-0.4, -0.2) is 350 Å². The van der Waals surface area contributed by atoms with Crippen LogP contribution < -0.4 is 68.8 Å². The van der Waals surface area contributed by atoms with E-state index in [0.717, 1.165) is 11.1 Å². The van der Waals surface area contributed by atoms with E-state index in [1.165, 1.54) is 9.36 Å². The largest absolute Gasteiger partial charge is 0.389 e. The van der Waals surface area contributed by atoms with Crippen LogP contribution in [0.3, 0.4) is 0 Å². The quantitative estimate of drug-likeness (QED) is 0.0396. The van der Waals surface area contributed by atoms with Crippen molar-refractivity contribution < 1.29 is 118 Å². The van der Waals surface area contributed by atoms with Crippen LogP contribution in [0.25, 0.3) is 0 Å². The zero-order valence-electron chi connectivity index (χ0n) is 54.4. The lowest BCUT2D eigenvalue weighted by molar-refractivity contribution is -0.306. The zero-order chi connectivity index (χ0) is 72.0. The molecule has 42 heteroatoms. The number of aromatic nitrogens is 6. The highest BCUT2D eigenvalue weighted by Crippen LogP contribution is 2.38. The van der Waals surface area contributed by atoms with Crippen molar-refractivity contribution in [1.82, 2.24) is 30.0 Å². The maximum absolute atomic E-state index is 12.1. The molecule has 2 aliphatic carbocycles. The minimum absolute atomic E-state index is 0.0166. The number of ether oxygens (including phenoxy) is 12. The molecule has 42 nitrogen and oxygen atoms in total. The number of nitrogens with zero attached hydrogens (tertiary/aromatic N) is 6. The molecule has 0 spiro atoms. The summed E-state index contributed by atoms with van der Waals surface area (Å²) in [6.07, 6.45) is -38.8. The van der Waals surface area contributed by atoms with Gasteiger partial charge in [-0.05, 0) is 24.0 Å². The van der Waals surface area contributed by atoms with Gasteiger partial charge in [0.2, 0.25) is 0 Å². The standard InChI is InChI=1S/C58H100N18O24/c59-9-25-37(79)41(83)31(67)53(89-25)95-47-23(65)7-21(63)35(77)51(47)99-57-45(87)49(97-55-33(69)43(85)39(81)27(11-61)91-55)29(93-57)15-75-13-19(71-73-75)5-17-2-1-3-18(4-17)6-20-14-76(74-72-20)16-30-50(98-56-34(70)44(86)40(82)28(12-62)92-56)46(88)58(94-30)100-52-36(78)22(64)8-24(66)48(52)96-54-32(68)42(84)38(80)26(10-60)90-54/h1-4,13-14,21-58,77-88H,5-12,15-16,59-70H2/t21-,22-,23+,24+,25-,26-,27+,28+,29-,30-,31-,32-,33-,34-,35+,36+,37-,38-,39-,40-,41-,42-,43-,44-,45-,46-,47-,48-,49-,50-,51-,52-,53-,54-,55-,56-,57+,58+/m1/s1. The van der Waals surface area contributed by atoms with Crippen molar-refractivity contribution in [2.75, 3.05) is 26.2 Å². The average Bonchev–Trinajstić information content (AvgIpc) is 1.57. The third kappa shape index (κ3) is 16.2. The second kappa shape index (κ2) is 32.8. The maximum atomic E-state index is 12.1. The third-order valence-electron chi connectivity index (χ3n) is 20.1. The zero-order valence-corrected chi connectivity index (χ0v) is 54.4. The van der Waals surface area contributed by atoms with Gasteiger partial charge in [-0.1, -0.05) is 34.7 Å². The summed E-state index contributed by atoms with van der Waals surface area (Å²) in [5.74, 6) is 0. The van der Waals surface area contributed by atoms with Crippen molar-refractivity contribution >= 4 is 0 Å². The van der Waals surface area contributed by atoms with E-state index in [-0.39, 0.29) is 65.0 Å². The summed E-state index contributed by atoms with van der Waals surface area (Å²) in [6, 6.07) is -1.70. The summed E-state index contributed by atoms with van der Waals surface area (Å²) in [4.78, 5) is 0. The Bertz CT molecular complexity index is 2880. The summed E-state index contributed by atoms with van der Waals surface area (Å²) in [7, 11) is 0. The number of hydrogen-bond acceptors (Lipinski definition) is 40. The van der Waals surface area contributed by atoms with Crippen molar-refractivity contribution in [2.45, 2.75) is 271 Å². The molecule has 8 fully saturated rings. The first kappa shape index (κ1) is 77.2. The highest BCUT2D eigenvalue weighted by molar-refractivity contribution is 5.29. The van der Waals surface area contributed by atoms with Crippen molar-refractivity contribution in [3.63, 3.8) is 0 Å². The highest BCUT2D eigenvalue weighted by atomic mass is 16.8. The summed E-state index contributed by atoms with van der Waals surface area (Å²) < 4.78 is 76.7. The van der Waals surface area contributed by atoms with Crippen LogP contribution >= 0.6 is 0 Å². The van der Waals surface area contributed by atoms with E-state index in [4.69, 9.17) is 126 Å². The van der Waals surface area contributed by atoms with Gasteiger partial charge in [-0.25, -0.2) is 9.36 Å². The molecule has 2 saturated carbocycles. The molecule has 0 unspecified atom stereocenters. The van der Waals surface area contributed by atoms with Crippen LogP contribution in [-0.2, 0) is 82.8 Å². The van der Waals surface area contributed by atoms with E-state index < -0.39 is 233 Å². The van der Waals surface area contributed by atoms with Crippen LogP contribution in [0.2, 0.25) is 0 Å². The first-order chi connectivity index (χ1) is 47.6. The Morgan fingerprint density at radius 2 is 0.640 bits per heavy atom. The Morgan fingerprint density at radius 1 is 0.350 bits per heavy atom. The molecule has 3 aromatic rings. The molecule has 566 valence electrons. The first-order valence-corrected chi connectivity index (χ1v) is 33.3. The van der Waals surface area contributed by atoms with Gasteiger partial charge in [0.25, 0.3) is 0 Å². The number of nitrogens with two attached hydrogens (primary N) is 12. The minimum Gasteiger partial charge on any atom is -0.389 e. The van der Waals surface area contributed by atoms with E-state index in [0.29, 0.717) is 11.4 Å². The van der Waals surface area contributed by atoms with E-state index in [2.05, 4.69) is 20.6 Å². The van der Waals surface area contributed by atoms with Crippen molar-refractivity contribution in [1.29, 1.82) is 0 Å². The lowest BCUT2D eigenvalue weighted by Gasteiger charge is -2.47. The van der Waals surface area contributed by atoms with Gasteiger partial charge in [-0.2, -0.15) is 0 Å². The Labute approximate surface area is 572 Å². The van der Waals surface area contributed by atoms with Gasteiger partial charge in [0.05, 0.1) is 60.9 Å². The van der Waals surface area contributed by atoms with Gasteiger partial charge in [-0.15, -0.1) is 10.2 Å². The summed E-state index contributed by atoms with van der Waals surface area (Å²) >= 11 is 0. The third-order valence-corrected chi connectivity index (χ3v) is 20.1. The molecular weight excluding hydrogens is 1330 g/mol. The fraction of sp³-hybridized carbons (Fsp3) is 0.828. The number of aliphatic hydroxyl groups is 12. The molecular formula is C58H100N18O24. The van der Waals surface area contributed by atoms with Crippen LogP contribution in [0.5, 0.6) is 0 Å². The molecule has 2 aromatic heterocycles. The Balaban J connectivity index is 0.774. The van der Waals surface area contributed by atoms with Crippen LogP contribution in [0.15, 0.2) is 36.7 Å². The SMILES string of the molecule is NC[C@@H]1O[C@H](O[C@H]2[C@@H](O)[C@H](O[C@@H]3[C@@H](O)[C@H](N)C[C@H](N)[C@H]3O[C@H]3O[C@H](CN)[C@@H](O)[C@H](O)[C@H]3N)O[C@@H]2Cn2cc(Cc3cccc(Cc4cn(C[C@H]5O[C@@H](O[C@@H]6[C@@H](O)[C@H](N)C[C@H](N)[C@H]6O[C@H]6O[C@H](CN)[C@@H](O)[C@H](O)[C@H]6N)[C@H](O)[C@@H]5O[C@H]5O[C@@H](CN)[C@@H](O)[C@H](O)[C@H]5N)nn4)c3)nn2)[C@H](N)[C@@H](O)[C@@H]1O. The van der Waals surface area contributed by atoms with Gasteiger partial charge < -0.3 is 187 Å². The van der Waals surface area contributed by atoms with Crippen molar-refractivity contribution in [3.8, 4) is 0 Å². The summed E-state index contributed by atoms with van der Waals surface area (Å²) in [5.41, 5.74) is 76.9. The summed E-state index contributed by atoms with van der Waals surface area (Å²) in [5, 5.41) is 150. The fourth-order valence-electron chi connectivity index (χ4n) is 14.1. The molecule has 8 heterocycles. The molecule has 1 aromatic carbocycles. The van der Waals surface area contributed by atoms with Gasteiger partial charge in [-0.3, -0.25) is 0 Å². The van der Waals surface area contributed by atoms with Crippen LogP contribution in [0.1, 0.15) is 35.4 Å². The van der Waals surface area contributed by atoms with E-state index >= 15 is 0 Å². The van der Waals surface area contributed by atoms with Gasteiger partial charge in [0, 0.05) is 75.6 Å². The average molecular weight is 1430 g/mol. The monoisotopic (exact) mass is 1430 g/mol. The Hall–Kier alpha value is -3.94. The number of benzene rings is 1. The smallest absolute Gasteiger partial charge is 0.187 e. The number of hydrogen-bond donors (Lipinski definition) is 24. The molecule has 0 amide bonds. The summed E-state index contributed by atoms with van der Waals surface area (Å²) in [6.45, 7) is -1.26. The van der Waals surface area contributed by atoms with Crippen LogP contribution in [0, 0.1) is 0 Å². The molecule has 8 aliphatic rings. The van der Waals surface area contributed by atoms with E-state index in [1.807, 2.05) is 24.3 Å². The maximum Gasteiger partial charge on any atom is 0.187 e. The molecule has 6 saturated heterocycles. The van der Waals surface area contributed by atoms with E-state index in [9.17, 15) is 61.3 Å². The van der Waals surface area contributed by atoms with Crippen molar-refractivity contribution in [2.24, 2.45) is 68.8 Å². The van der Waals surface area contributed by atoms with Gasteiger partial charge >= 0.3 is 0 Å². The molecule has 0 bridgehead atoms. The molecule has 38 atom stereocenters. The van der Waals surface area contributed by atoms with Crippen molar-refractivity contribution in [3.05, 3.63) is 59.2 Å². The highest BCUT2D eigenvalue weighted by Gasteiger charge is 2.58. The normalized spacial score (nSPS) is 47.2. The predicted octanol–water partition coefficient (Wildman–Crippen LogP) is -15.7. The van der Waals surface area contributed by atoms with Gasteiger partial charge in [0.15, 0.2) is 37.7 Å². The predicted molar refractivity (Wildman–Crippen MR) is 335 cm³/mol.